The summed E-state index contributed by atoms with van der Waals surface area (Å²) >= 11 is 1.51. The number of aromatic nitrogens is 3. The van der Waals surface area contributed by atoms with Crippen LogP contribution in [-0.2, 0) is 9.47 Å². The van der Waals surface area contributed by atoms with Gasteiger partial charge in [0.2, 0.25) is 10.8 Å². The lowest BCUT2D eigenvalue weighted by Gasteiger charge is -2.38. The molecular formula is C18H21N4O3S+. The molecular weight excluding hydrogens is 352 g/mol. The van der Waals surface area contributed by atoms with Crippen molar-refractivity contribution in [3.05, 3.63) is 47.1 Å². The molecule has 26 heavy (non-hydrogen) atoms. The third kappa shape index (κ3) is 2.61. The zero-order valence-electron chi connectivity index (χ0n) is 14.3. The van der Waals surface area contributed by atoms with Gasteiger partial charge in [-0.1, -0.05) is 41.7 Å². The lowest BCUT2D eigenvalue weighted by atomic mass is 9.97. The molecule has 2 aliphatic rings. The first-order chi connectivity index (χ1) is 12.8. The molecule has 4 heterocycles. The molecule has 2 saturated heterocycles. The monoisotopic (exact) mass is 373 g/mol. The Balaban J connectivity index is 1.51. The molecule has 0 aliphatic carbocycles. The van der Waals surface area contributed by atoms with Crippen LogP contribution in [0.2, 0.25) is 0 Å². The molecule has 0 unspecified atom stereocenters. The number of quaternary nitrogens is 1. The normalized spacial score (nSPS) is 21.5. The van der Waals surface area contributed by atoms with Crippen LogP contribution in [0.1, 0.15) is 29.3 Å². The van der Waals surface area contributed by atoms with Gasteiger partial charge in [-0.2, -0.15) is 9.61 Å². The fourth-order valence-corrected chi connectivity index (χ4v) is 5.24. The topological polar surface area (TPSA) is 73.3 Å². The Hall–Kier alpha value is -2.00. The zero-order valence-corrected chi connectivity index (χ0v) is 15.1. The number of hydrogen-bond donors (Lipinski definition) is 2. The Kier molecular flexibility index (Phi) is 3.93. The van der Waals surface area contributed by atoms with Crippen molar-refractivity contribution in [2.75, 3.05) is 26.3 Å². The smallest absolute Gasteiger partial charge is 0.235 e. The minimum absolute atomic E-state index is 0.0449. The molecule has 0 bridgehead atoms. The van der Waals surface area contributed by atoms with E-state index in [2.05, 4.69) is 22.2 Å². The van der Waals surface area contributed by atoms with E-state index < -0.39 is 5.79 Å². The van der Waals surface area contributed by atoms with E-state index in [0.717, 1.165) is 30.8 Å². The second-order valence-electron chi connectivity index (χ2n) is 6.85. The highest BCUT2D eigenvalue weighted by atomic mass is 32.1. The molecule has 7 nitrogen and oxygen atoms in total. The Labute approximate surface area is 154 Å². The molecule has 0 amide bonds. The molecule has 3 aromatic rings. The van der Waals surface area contributed by atoms with Crippen molar-refractivity contribution in [3.63, 3.8) is 0 Å². The van der Waals surface area contributed by atoms with Crippen molar-refractivity contribution in [2.24, 2.45) is 0 Å². The van der Waals surface area contributed by atoms with Crippen molar-refractivity contribution in [2.45, 2.75) is 24.7 Å². The van der Waals surface area contributed by atoms with Crippen LogP contribution in [0.4, 0.5) is 0 Å². The van der Waals surface area contributed by atoms with Crippen LogP contribution in [0.3, 0.4) is 0 Å². The van der Waals surface area contributed by atoms with E-state index in [1.165, 1.54) is 32.6 Å². The van der Waals surface area contributed by atoms with Gasteiger partial charge in [-0.15, -0.1) is 0 Å². The second kappa shape index (κ2) is 6.31. The number of aromatic hydroxyl groups is 1. The number of rotatable bonds is 3. The molecule has 5 rings (SSSR count). The van der Waals surface area contributed by atoms with Gasteiger partial charge in [0.1, 0.15) is 11.2 Å². The summed E-state index contributed by atoms with van der Waals surface area (Å²) in [5.41, 5.74) is 1.19. The van der Waals surface area contributed by atoms with Gasteiger partial charge in [0.15, 0.2) is 11.8 Å². The van der Waals surface area contributed by atoms with E-state index in [0.29, 0.717) is 18.2 Å². The van der Waals surface area contributed by atoms with E-state index in [4.69, 9.17) is 9.47 Å². The van der Waals surface area contributed by atoms with Gasteiger partial charge in [-0.25, -0.2) is 4.98 Å². The van der Waals surface area contributed by atoms with Crippen LogP contribution in [0.15, 0.2) is 36.7 Å². The first kappa shape index (κ1) is 16.2. The summed E-state index contributed by atoms with van der Waals surface area (Å²) in [7, 11) is 0. The summed E-state index contributed by atoms with van der Waals surface area (Å²) in [6.45, 7) is 3.22. The van der Waals surface area contributed by atoms with E-state index in [-0.39, 0.29) is 11.9 Å². The minimum Gasteiger partial charge on any atom is -0.492 e. The van der Waals surface area contributed by atoms with Crippen LogP contribution < -0.4 is 4.90 Å². The number of nitrogens with zero attached hydrogens (tertiary/aromatic N) is 3. The van der Waals surface area contributed by atoms with Gasteiger partial charge < -0.3 is 19.5 Å². The van der Waals surface area contributed by atoms with E-state index >= 15 is 0 Å². The summed E-state index contributed by atoms with van der Waals surface area (Å²) in [6.07, 6.45) is 3.21. The average molecular weight is 373 g/mol. The molecule has 1 aromatic carbocycles. The highest BCUT2D eigenvalue weighted by Gasteiger charge is 2.44. The van der Waals surface area contributed by atoms with Gasteiger partial charge >= 0.3 is 0 Å². The molecule has 0 saturated carbocycles. The fraction of sp³-hybridized carbons (Fsp3) is 0.444. The number of nitrogens with one attached hydrogen (secondary N) is 1. The van der Waals surface area contributed by atoms with Crippen molar-refractivity contribution in [1.29, 1.82) is 0 Å². The number of benzene rings is 1. The molecule has 2 fully saturated rings. The van der Waals surface area contributed by atoms with Crippen molar-refractivity contribution in [1.82, 2.24) is 14.6 Å². The predicted molar refractivity (Wildman–Crippen MR) is 95.4 cm³/mol. The molecule has 0 radical (unpaired) electrons. The van der Waals surface area contributed by atoms with Crippen molar-refractivity contribution < 1.29 is 19.5 Å². The zero-order chi connectivity index (χ0) is 17.6. The molecule has 2 aliphatic heterocycles. The number of piperidine rings is 1. The van der Waals surface area contributed by atoms with Crippen LogP contribution in [0.5, 0.6) is 5.88 Å². The van der Waals surface area contributed by atoms with Crippen LogP contribution in [0.25, 0.3) is 4.96 Å². The second-order valence-corrected chi connectivity index (χ2v) is 7.86. The molecule has 136 valence electrons. The third-order valence-electron chi connectivity index (χ3n) is 5.41. The minimum atomic E-state index is -0.391. The highest BCUT2D eigenvalue weighted by Crippen LogP contribution is 2.36. The van der Waals surface area contributed by atoms with Gasteiger partial charge in [-0.3, -0.25) is 0 Å². The first-order valence-electron chi connectivity index (χ1n) is 8.95. The summed E-state index contributed by atoms with van der Waals surface area (Å²) in [5, 5.41) is 14.9. The highest BCUT2D eigenvalue weighted by molar-refractivity contribution is 7.17. The van der Waals surface area contributed by atoms with Crippen molar-refractivity contribution in [3.8, 4) is 5.88 Å². The predicted octanol–water partition coefficient (Wildman–Crippen LogP) is 1.01. The first-order valence-corrected chi connectivity index (χ1v) is 9.76. The molecule has 2 N–H and O–H groups in total. The van der Waals surface area contributed by atoms with Crippen LogP contribution in [-0.4, -0.2) is 51.8 Å². The standard InChI is InChI=1S/C18H20N4O3S/c23-16-15(26-17-19-12-20-22(16)17)14(13-4-2-1-3-5-13)21-8-6-18(7-9-21)24-10-11-25-18/h1-5,12,14,23H,6-11H2/p+1/t14-/m1/s1. The van der Waals surface area contributed by atoms with Crippen LogP contribution >= 0.6 is 11.3 Å². The number of ether oxygens (including phenoxy) is 2. The molecule has 1 spiro atoms. The van der Waals surface area contributed by atoms with Crippen LogP contribution in [0, 0.1) is 0 Å². The van der Waals surface area contributed by atoms with Gasteiger partial charge in [-0.05, 0) is 0 Å². The maximum Gasteiger partial charge on any atom is 0.235 e. The van der Waals surface area contributed by atoms with Gasteiger partial charge in [0.25, 0.3) is 0 Å². The molecule has 8 heteroatoms. The van der Waals surface area contributed by atoms with Gasteiger partial charge in [0.05, 0.1) is 39.1 Å². The van der Waals surface area contributed by atoms with E-state index in [1.54, 1.807) is 0 Å². The molecule has 1 atom stereocenters. The summed E-state index contributed by atoms with van der Waals surface area (Å²) in [6, 6.07) is 10.4. The number of fused-ring (bicyclic) bond motifs is 1. The number of likely N-dealkylation sites (tertiary alicyclic amines) is 1. The Morgan fingerprint density at radius 1 is 1.15 bits per heavy atom. The lowest BCUT2D eigenvalue weighted by molar-refractivity contribution is -0.933. The number of thiazole rings is 1. The fourth-order valence-electron chi connectivity index (χ4n) is 4.13. The largest absolute Gasteiger partial charge is 0.492 e. The maximum absolute atomic E-state index is 10.8. The quantitative estimate of drug-likeness (QED) is 0.717. The van der Waals surface area contributed by atoms with Crippen molar-refractivity contribution >= 4 is 16.3 Å². The summed E-state index contributed by atoms with van der Waals surface area (Å²) < 4.78 is 13.3. The number of hydrogen-bond acceptors (Lipinski definition) is 6. The SMILES string of the molecule is Oc1c([C@@H](c2ccccc2)[NH+]2CCC3(CC2)OCCO3)sc2ncnn12. The Bertz CT molecular complexity index is 894. The summed E-state index contributed by atoms with van der Waals surface area (Å²) in [5.74, 6) is -0.198. The lowest BCUT2D eigenvalue weighted by Crippen LogP contribution is -3.14. The van der Waals surface area contributed by atoms with Gasteiger partial charge in [0, 0.05) is 5.56 Å². The van der Waals surface area contributed by atoms with E-state index in [9.17, 15) is 5.11 Å². The molecule has 2 aromatic heterocycles. The Morgan fingerprint density at radius 2 is 1.88 bits per heavy atom. The average Bonchev–Trinajstić information content (AvgIpc) is 3.38. The third-order valence-corrected chi connectivity index (χ3v) is 6.51. The van der Waals surface area contributed by atoms with E-state index in [1.807, 2.05) is 18.2 Å². The Morgan fingerprint density at radius 3 is 2.58 bits per heavy atom. The summed E-state index contributed by atoms with van der Waals surface area (Å²) in [4.78, 5) is 7.27. The maximum atomic E-state index is 10.8.